The molecule has 8 heteroatoms. The zero-order chi connectivity index (χ0) is 15.7. The lowest BCUT2D eigenvalue weighted by atomic mass is 10.1. The number of hydrogen-bond acceptors (Lipinski definition) is 3. The molecule has 1 amide bonds. The van der Waals surface area contributed by atoms with Crippen LogP contribution >= 0.6 is 0 Å². The molecule has 0 fully saturated rings. The lowest BCUT2D eigenvalue weighted by Gasteiger charge is -2.09. The molecule has 0 aromatic heterocycles. The van der Waals surface area contributed by atoms with Gasteiger partial charge in [0.25, 0.3) is 5.91 Å². The summed E-state index contributed by atoms with van der Waals surface area (Å²) in [5, 5.41) is 11.1. The summed E-state index contributed by atoms with van der Waals surface area (Å²) >= 11 is 0. The predicted molar refractivity (Wildman–Crippen MR) is 66.7 cm³/mol. The number of nitrogen functional groups attached to an aromatic ring is 1. The van der Waals surface area contributed by atoms with Gasteiger partial charge in [-0.25, -0.2) is 13.2 Å². The quantitative estimate of drug-likeness (QED) is 0.453. The number of halogens is 4. The molecule has 0 radical (unpaired) electrons. The minimum Gasteiger partial charge on any atom is -0.503 e. The lowest BCUT2D eigenvalue weighted by Crippen LogP contribution is -2.15. The molecule has 4 N–H and O–H groups in total. The van der Waals surface area contributed by atoms with Gasteiger partial charge in [-0.3, -0.25) is 4.79 Å². The molecule has 0 atom stereocenters. The number of carbonyl (C=O) groups is 1. The highest BCUT2D eigenvalue weighted by molar-refractivity contribution is 6.05. The summed E-state index contributed by atoms with van der Waals surface area (Å²) in [6, 6.07) is 3.34. The number of nitrogens with two attached hydrogens (primary N) is 1. The Hall–Kier alpha value is -2.77. The molecule has 0 heterocycles. The first kappa shape index (κ1) is 14.6. The molecule has 110 valence electrons. The predicted octanol–water partition coefficient (Wildman–Crippen LogP) is 2.78. The van der Waals surface area contributed by atoms with Crippen molar-refractivity contribution in [2.24, 2.45) is 0 Å². The highest BCUT2D eigenvalue weighted by Gasteiger charge is 2.22. The molecule has 0 bridgehead atoms. The first-order chi connectivity index (χ1) is 9.79. The maximum absolute atomic E-state index is 13.5. The van der Waals surface area contributed by atoms with Crippen molar-refractivity contribution in [3.05, 3.63) is 53.1 Å². The van der Waals surface area contributed by atoms with Crippen molar-refractivity contribution in [3.63, 3.8) is 0 Å². The second-order valence-electron chi connectivity index (χ2n) is 4.11. The molecule has 0 spiro atoms. The van der Waals surface area contributed by atoms with E-state index in [-0.39, 0.29) is 17.4 Å². The van der Waals surface area contributed by atoms with Crippen molar-refractivity contribution < 1.29 is 27.5 Å². The summed E-state index contributed by atoms with van der Waals surface area (Å²) < 4.78 is 52.6. The molecule has 0 aliphatic heterocycles. The second kappa shape index (κ2) is 5.31. The van der Waals surface area contributed by atoms with Gasteiger partial charge in [0.05, 0.1) is 5.56 Å². The molecule has 21 heavy (non-hydrogen) atoms. The van der Waals surface area contributed by atoms with Crippen molar-refractivity contribution in [1.29, 1.82) is 0 Å². The van der Waals surface area contributed by atoms with Crippen molar-refractivity contribution in [2.45, 2.75) is 0 Å². The van der Waals surface area contributed by atoms with Crippen LogP contribution in [0.3, 0.4) is 0 Å². The fraction of sp³-hybridized carbons (Fsp3) is 0. The highest BCUT2D eigenvalue weighted by Crippen LogP contribution is 2.26. The van der Waals surface area contributed by atoms with Gasteiger partial charge in [0.2, 0.25) is 5.82 Å². The lowest BCUT2D eigenvalue weighted by molar-refractivity contribution is 0.102. The van der Waals surface area contributed by atoms with Crippen molar-refractivity contribution in [3.8, 4) is 5.75 Å². The molecule has 0 saturated carbocycles. The summed E-state index contributed by atoms with van der Waals surface area (Å²) in [5.74, 6) is -8.60. The normalized spacial score (nSPS) is 10.5. The van der Waals surface area contributed by atoms with Gasteiger partial charge in [0, 0.05) is 11.4 Å². The first-order valence-electron chi connectivity index (χ1n) is 5.53. The average molecular weight is 300 g/mol. The summed E-state index contributed by atoms with van der Waals surface area (Å²) in [4.78, 5) is 11.8. The van der Waals surface area contributed by atoms with Crippen molar-refractivity contribution >= 4 is 17.3 Å². The van der Waals surface area contributed by atoms with Crippen LogP contribution < -0.4 is 11.1 Å². The number of phenols is 1. The molecular formula is C13H8F4N2O2. The van der Waals surface area contributed by atoms with E-state index in [9.17, 15) is 22.4 Å². The summed E-state index contributed by atoms with van der Waals surface area (Å²) in [6.07, 6.45) is 0. The number of aromatic hydroxyl groups is 1. The zero-order valence-corrected chi connectivity index (χ0v) is 10.3. The van der Waals surface area contributed by atoms with Crippen molar-refractivity contribution in [2.75, 3.05) is 11.1 Å². The van der Waals surface area contributed by atoms with E-state index in [1.165, 1.54) is 6.07 Å². The third-order valence-corrected chi connectivity index (χ3v) is 2.56. The number of hydrogen-bond donors (Lipinski definition) is 3. The molecule has 2 aromatic carbocycles. The van der Waals surface area contributed by atoms with E-state index < -0.39 is 40.5 Å². The molecule has 4 nitrogen and oxygen atoms in total. The van der Waals surface area contributed by atoms with Crippen LogP contribution in [0, 0.1) is 23.3 Å². The van der Waals surface area contributed by atoms with Crippen molar-refractivity contribution in [1.82, 2.24) is 0 Å². The van der Waals surface area contributed by atoms with Gasteiger partial charge in [-0.1, -0.05) is 0 Å². The van der Waals surface area contributed by atoms with Crippen LogP contribution in [-0.2, 0) is 0 Å². The van der Waals surface area contributed by atoms with Gasteiger partial charge in [0.1, 0.15) is 5.82 Å². The number of nitrogens with one attached hydrogen (secondary N) is 1. The van der Waals surface area contributed by atoms with E-state index in [0.717, 1.165) is 12.1 Å². The molecule has 0 aliphatic carbocycles. The molecule has 0 unspecified atom stereocenters. The van der Waals surface area contributed by atoms with Gasteiger partial charge in [-0.2, -0.15) is 4.39 Å². The monoisotopic (exact) mass is 300 g/mol. The molecular weight excluding hydrogens is 292 g/mol. The average Bonchev–Trinajstić information content (AvgIpc) is 2.39. The third-order valence-electron chi connectivity index (χ3n) is 2.56. The smallest absolute Gasteiger partial charge is 0.258 e. The number of carbonyl (C=O) groups excluding carboxylic acids is 1. The SMILES string of the molecule is Nc1cc(F)cc(NC(=O)c2cc(F)c(F)c(O)c2F)c1. The Morgan fingerprint density at radius 3 is 2.33 bits per heavy atom. The summed E-state index contributed by atoms with van der Waals surface area (Å²) in [5.41, 5.74) is 4.31. The maximum Gasteiger partial charge on any atom is 0.258 e. The fourth-order valence-corrected chi connectivity index (χ4v) is 1.64. The van der Waals surface area contributed by atoms with Gasteiger partial charge >= 0.3 is 0 Å². The Morgan fingerprint density at radius 1 is 1.05 bits per heavy atom. The van der Waals surface area contributed by atoms with Gasteiger partial charge in [0.15, 0.2) is 17.4 Å². The van der Waals surface area contributed by atoms with E-state index in [4.69, 9.17) is 10.8 Å². The zero-order valence-electron chi connectivity index (χ0n) is 10.3. The summed E-state index contributed by atoms with van der Waals surface area (Å²) in [7, 11) is 0. The van der Waals surface area contributed by atoms with Crippen LogP contribution in [-0.4, -0.2) is 11.0 Å². The largest absolute Gasteiger partial charge is 0.503 e. The first-order valence-corrected chi connectivity index (χ1v) is 5.53. The third kappa shape index (κ3) is 2.88. The topological polar surface area (TPSA) is 75.3 Å². The molecule has 2 rings (SSSR count). The van der Waals surface area contributed by atoms with E-state index in [1.807, 2.05) is 0 Å². The number of benzene rings is 2. The number of rotatable bonds is 2. The minimum atomic E-state index is -1.81. The minimum absolute atomic E-state index is 0.00101. The van der Waals surface area contributed by atoms with Crippen LogP contribution in [0.2, 0.25) is 0 Å². The van der Waals surface area contributed by atoms with Crippen LogP contribution in [0.5, 0.6) is 5.75 Å². The highest BCUT2D eigenvalue weighted by atomic mass is 19.2. The summed E-state index contributed by atoms with van der Waals surface area (Å²) in [6.45, 7) is 0. The van der Waals surface area contributed by atoms with Gasteiger partial charge in [-0.15, -0.1) is 0 Å². The molecule has 0 aliphatic rings. The van der Waals surface area contributed by atoms with E-state index in [1.54, 1.807) is 0 Å². The molecule has 2 aromatic rings. The van der Waals surface area contributed by atoms with Crippen LogP contribution in [0.1, 0.15) is 10.4 Å². The van der Waals surface area contributed by atoms with Gasteiger partial charge < -0.3 is 16.2 Å². The standard InChI is InChI=1S/C13H8F4N2O2/c14-5-1-6(18)3-7(2-5)19-13(21)8-4-9(15)11(17)12(20)10(8)16/h1-4,20H,18H2,(H,19,21). The number of anilines is 2. The Balaban J connectivity index is 2.37. The molecule has 0 saturated heterocycles. The Bertz CT molecular complexity index is 714. The Labute approximate surface area is 115 Å². The van der Waals surface area contributed by atoms with E-state index in [0.29, 0.717) is 0 Å². The van der Waals surface area contributed by atoms with E-state index >= 15 is 0 Å². The Morgan fingerprint density at radius 2 is 1.71 bits per heavy atom. The Kier molecular flexibility index (Phi) is 3.70. The van der Waals surface area contributed by atoms with Crippen LogP contribution in [0.4, 0.5) is 28.9 Å². The second-order valence-corrected chi connectivity index (χ2v) is 4.11. The maximum atomic E-state index is 13.5. The number of phenolic OH excluding ortho intramolecular Hbond substituents is 1. The number of amides is 1. The van der Waals surface area contributed by atoms with Crippen LogP contribution in [0.25, 0.3) is 0 Å². The van der Waals surface area contributed by atoms with Crippen LogP contribution in [0.15, 0.2) is 24.3 Å². The van der Waals surface area contributed by atoms with E-state index in [2.05, 4.69) is 5.32 Å². The van der Waals surface area contributed by atoms with Gasteiger partial charge in [-0.05, 0) is 24.3 Å². The fourth-order valence-electron chi connectivity index (χ4n) is 1.64.